The SMILES string of the molecule is O=C(CN[C@H](CCNC(=O)c1ccnc2ccccc12)Cc1ccccc1)c1ccccc1. The molecule has 1 atom stereocenters. The minimum atomic E-state index is -0.118. The van der Waals surface area contributed by atoms with Crippen molar-refractivity contribution in [2.75, 3.05) is 13.1 Å². The van der Waals surface area contributed by atoms with Gasteiger partial charge in [0.1, 0.15) is 0 Å². The Labute approximate surface area is 193 Å². The van der Waals surface area contributed by atoms with Gasteiger partial charge in [-0.05, 0) is 30.5 Å². The average molecular weight is 438 g/mol. The Hall–Kier alpha value is -3.83. The maximum Gasteiger partial charge on any atom is 0.252 e. The summed E-state index contributed by atoms with van der Waals surface area (Å²) in [5.74, 6) is -0.0617. The highest BCUT2D eigenvalue weighted by molar-refractivity contribution is 6.05. The summed E-state index contributed by atoms with van der Waals surface area (Å²) in [5, 5.41) is 7.27. The zero-order chi connectivity index (χ0) is 22.9. The molecule has 4 aromatic rings. The molecule has 0 aliphatic heterocycles. The third-order valence-corrected chi connectivity index (χ3v) is 5.64. The molecule has 2 N–H and O–H groups in total. The Bertz CT molecular complexity index is 1200. The minimum absolute atomic E-state index is 0.0505. The molecule has 0 spiro atoms. The van der Waals surface area contributed by atoms with E-state index in [1.165, 1.54) is 5.56 Å². The number of carbonyl (C=O) groups is 2. The van der Waals surface area contributed by atoms with E-state index in [-0.39, 0.29) is 24.3 Å². The lowest BCUT2D eigenvalue weighted by Crippen LogP contribution is -2.38. The van der Waals surface area contributed by atoms with Crippen LogP contribution in [0.3, 0.4) is 0 Å². The van der Waals surface area contributed by atoms with Gasteiger partial charge in [-0.25, -0.2) is 0 Å². The number of pyridine rings is 1. The quantitative estimate of drug-likeness (QED) is 0.360. The van der Waals surface area contributed by atoms with Crippen molar-refractivity contribution >= 4 is 22.6 Å². The van der Waals surface area contributed by atoms with Gasteiger partial charge in [0.25, 0.3) is 5.91 Å². The number of aromatic nitrogens is 1. The van der Waals surface area contributed by atoms with Crippen LogP contribution in [-0.4, -0.2) is 35.8 Å². The van der Waals surface area contributed by atoms with E-state index < -0.39 is 0 Å². The van der Waals surface area contributed by atoms with Crippen molar-refractivity contribution in [1.29, 1.82) is 0 Å². The van der Waals surface area contributed by atoms with E-state index in [1.807, 2.05) is 72.8 Å². The highest BCUT2D eigenvalue weighted by Crippen LogP contribution is 2.16. The minimum Gasteiger partial charge on any atom is -0.352 e. The van der Waals surface area contributed by atoms with Crippen LogP contribution in [0.1, 0.15) is 32.7 Å². The van der Waals surface area contributed by atoms with Crippen LogP contribution in [0.2, 0.25) is 0 Å². The summed E-state index contributed by atoms with van der Waals surface area (Å²) in [5.41, 5.74) is 3.30. The van der Waals surface area contributed by atoms with E-state index in [2.05, 4.69) is 27.8 Å². The molecule has 0 saturated carbocycles. The fourth-order valence-corrected chi connectivity index (χ4v) is 3.89. The first kappa shape index (κ1) is 22.4. The molecule has 5 nitrogen and oxygen atoms in total. The smallest absolute Gasteiger partial charge is 0.252 e. The lowest BCUT2D eigenvalue weighted by Gasteiger charge is -2.19. The molecular formula is C28H27N3O2. The van der Waals surface area contributed by atoms with Gasteiger partial charge in [0.2, 0.25) is 0 Å². The molecule has 1 heterocycles. The first-order chi connectivity index (χ1) is 16.2. The first-order valence-corrected chi connectivity index (χ1v) is 11.2. The number of benzene rings is 3. The van der Waals surface area contributed by atoms with E-state index in [0.717, 1.165) is 17.3 Å². The van der Waals surface area contributed by atoms with E-state index in [1.54, 1.807) is 12.3 Å². The van der Waals surface area contributed by atoms with Gasteiger partial charge in [-0.3, -0.25) is 14.6 Å². The number of rotatable bonds is 10. The third kappa shape index (κ3) is 6.11. The van der Waals surface area contributed by atoms with Gasteiger partial charge >= 0.3 is 0 Å². The fourth-order valence-electron chi connectivity index (χ4n) is 3.89. The molecular weight excluding hydrogens is 410 g/mol. The zero-order valence-corrected chi connectivity index (χ0v) is 18.4. The second-order valence-electron chi connectivity index (χ2n) is 7.98. The number of fused-ring (bicyclic) bond motifs is 1. The summed E-state index contributed by atoms with van der Waals surface area (Å²) >= 11 is 0. The number of hydrogen-bond acceptors (Lipinski definition) is 4. The van der Waals surface area contributed by atoms with Crippen LogP contribution in [0, 0.1) is 0 Å². The molecule has 33 heavy (non-hydrogen) atoms. The average Bonchev–Trinajstić information content (AvgIpc) is 2.87. The normalized spacial score (nSPS) is 11.8. The first-order valence-electron chi connectivity index (χ1n) is 11.2. The molecule has 5 heteroatoms. The summed E-state index contributed by atoms with van der Waals surface area (Å²) in [4.78, 5) is 29.7. The summed E-state index contributed by atoms with van der Waals surface area (Å²) in [6.45, 7) is 0.754. The van der Waals surface area contributed by atoms with Gasteiger partial charge < -0.3 is 10.6 Å². The van der Waals surface area contributed by atoms with Gasteiger partial charge in [-0.15, -0.1) is 0 Å². The standard InChI is InChI=1S/C28H27N3O2/c32-27(22-11-5-2-6-12-22)20-31-23(19-21-9-3-1-4-10-21)15-17-30-28(33)25-16-18-29-26-14-8-7-13-24(25)26/h1-14,16,18,23,31H,15,17,19-20H2,(H,30,33)/t23-/m1/s1. The number of nitrogens with one attached hydrogen (secondary N) is 2. The van der Waals surface area contributed by atoms with Crippen molar-refractivity contribution in [3.8, 4) is 0 Å². The zero-order valence-electron chi connectivity index (χ0n) is 18.4. The number of hydrogen-bond donors (Lipinski definition) is 2. The van der Waals surface area contributed by atoms with Gasteiger partial charge in [0.15, 0.2) is 5.78 Å². The molecule has 4 rings (SSSR count). The Balaban J connectivity index is 1.38. The Kier molecular flexibility index (Phi) is 7.56. The number of carbonyl (C=O) groups excluding carboxylic acids is 2. The molecule has 1 aromatic heterocycles. The topological polar surface area (TPSA) is 71.1 Å². The van der Waals surface area contributed by atoms with Gasteiger partial charge in [-0.1, -0.05) is 78.9 Å². The molecule has 0 unspecified atom stereocenters. The number of para-hydroxylation sites is 1. The molecule has 166 valence electrons. The molecule has 0 aliphatic carbocycles. The van der Waals surface area contributed by atoms with E-state index >= 15 is 0 Å². The van der Waals surface area contributed by atoms with Crippen LogP contribution in [0.25, 0.3) is 10.9 Å². The predicted molar refractivity (Wildman–Crippen MR) is 131 cm³/mol. The second-order valence-corrected chi connectivity index (χ2v) is 7.98. The van der Waals surface area contributed by atoms with Gasteiger partial charge in [-0.2, -0.15) is 0 Å². The maximum absolute atomic E-state index is 12.8. The highest BCUT2D eigenvalue weighted by Gasteiger charge is 2.14. The monoisotopic (exact) mass is 437 g/mol. The number of nitrogens with zero attached hydrogens (tertiary/aromatic N) is 1. The van der Waals surface area contributed by atoms with Gasteiger partial charge in [0.05, 0.1) is 17.6 Å². The Morgan fingerprint density at radius 3 is 2.30 bits per heavy atom. The second kappa shape index (κ2) is 11.2. The molecule has 0 saturated heterocycles. The Morgan fingerprint density at radius 1 is 0.818 bits per heavy atom. The molecule has 0 fully saturated rings. The van der Waals surface area contributed by atoms with E-state index in [9.17, 15) is 9.59 Å². The van der Waals surface area contributed by atoms with Crippen LogP contribution >= 0.6 is 0 Å². The summed E-state index contributed by atoms with van der Waals surface area (Å²) in [6.07, 6.45) is 3.13. The summed E-state index contributed by atoms with van der Waals surface area (Å²) in [7, 11) is 0. The molecule has 0 bridgehead atoms. The van der Waals surface area contributed by atoms with Crippen LogP contribution in [0.15, 0.2) is 97.2 Å². The van der Waals surface area contributed by atoms with Crippen molar-refractivity contribution in [1.82, 2.24) is 15.6 Å². The van der Waals surface area contributed by atoms with Crippen molar-refractivity contribution in [2.24, 2.45) is 0 Å². The van der Waals surface area contributed by atoms with Gasteiger partial charge in [0, 0.05) is 29.7 Å². The van der Waals surface area contributed by atoms with E-state index in [4.69, 9.17) is 0 Å². The third-order valence-electron chi connectivity index (χ3n) is 5.64. The lowest BCUT2D eigenvalue weighted by atomic mass is 10.0. The fraction of sp³-hybridized carbons (Fsp3) is 0.179. The molecule has 1 amide bonds. The van der Waals surface area contributed by atoms with Crippen LogP contribution in [-0.2, 0) is 6.42 Å². The lowest BCUT2D eigenvalue weighted by molar-refractivity contribution is 0.0948. The van der Waals surface area contributed by atoms with Crippen molar-refractivity contribution in [3.05, 3.63) is 114 Å². The highest BCUT2D eigenvalue weighted by atomic mass is 16.1. The predicted octanol–water partition coefficient (Wildman–Crippen LogP) is 4.44. The van der Waals surface area contributed by atoms with E-state index in [0.29, 0.717) is 24.1 Å². The molecule has 3 aromatic carbocycles. The maximum atomic E-state index is 12.8. The number of Topliss-reactive ketones (excluding diaryl/α,β-unsaturated/α-hetero) is 1. The number of amides is 1. The van der Waals surface area contributed by atoms with Crippen LogP contribution in [0.4, 0.5) is 0 Å². The molecule has 0 radical (unpaired) electrons. The van der Waals surface area contributed by atoms with Crippen molar-refractivity contribution < 1.29 is 9.59 Å². The van der Waals surface area contributed by atoms with Crippen LogP contribution < -0.4 is 10.6 Å². The van der Waals surface area contributed by atoms with Crippen molar-refractivity contribution in [2.45, 2.75) is 18.9 Å². The summed E-state index contributed by atoms with van der Waals surface area (Å²) < 4.78 is 0. The largest absolute Gasteiger partial charge is 0.352 e. The number of ketones is 1. The van der Waals surface area contributed by atoms with Crippen molar-refractivity contribution in [3.63, 3.8) is 0 Å². The Morgan fingerprint density at radius 2 is 1.52 bits per heavy atom. The molecule has 0 aliphatic rings. The van der Waals surface area contributed by atoms with Crippen LogP contribution in [0.5, 0.6) is 0 Å². The summed E-state index contributed by atoms with van der Waals surface area (Å²) in [6, 6.07) is 28.9.